The van der Waals surface area contributed by atoms with Crippen molar-refractivity contribution >= 4 is 0 Å². The van der Waals surface area contributed by atoms with Crippen molar-refractivity contribution in [3.8, 4) is 0 Å². The van der Waals surface area contributed by atoms with Crippen LogP contribution in [0.1, 0.15) is 154 Å². The van der Waals surface area contributed by atoms with Crippen LogP contribution in [0.4, 0.5) is 0 Å². The number of unbranched alkanes of at least 4 members (excludes halogenated alkanes) is 17. The Morgan fingerprint density at radius 2 is 0.741 bits per heavy atom. The van der Waals surface area contributed by atoms with Gasteiger partial charge in [0.2, 0.25) is 0 Å². The number of aliphatic hydroxyl groups excluding tert-OH is 1. The molecule has 1 aliphatic carbocycles. The van der Waals surface area contributed by atoms with E-state index >= 15 is 0 Å². The van der Waals surface area contributed by atoms with Gasteiger partial charge in [0.15, 0.2) is 0 Å². The molecule has 0 bridgehead atoms. The normalized spacial score (nSPS) is 15.4. The molecule has 0 unspecified atom stereocenters. The van der Waals surface area contributed by atoms with Crippen LogP contribution in [-0.2, 0) is 0 Å². The third-order valence-electron chi connectivity index (χ3n) is 6.75. The minimum atomic E-state index is 0.375. The van der Waals surface area contributed by atoms with E-state index in [1.807, 2.05) is 0 Å². The lowest BCUT2D eigenvalue weighted by atomic mass is 9.85. The molecular weight excluding hydrogens is 328 g/mol. The first-order valence-corrected chi connectivity index (χ1v) is 13.0. The molecule has 0 aromatic carbocycles. The van der Waals surface area contributed by atoms with Gasteiger partial charge in [-0.15, -0.1) is 0 Å². The summed E-state index contributed by atoms with van der Waals surface area (Å²) in [6, 6.07) is 0. The molecule has 1 saturated carbocycles. The van der Waals surface area contributed by atoms with E-state index in [1.165, 1.54) is 148 Å². The molecule has 1 N–H and O–H groups in total. The molecule has 1 heteroatoms. The van der Waals surface area contributed by atoms with Crippen LogP contribution in [0.5, 0.6) is 0 Å². The summed E-state index contributed by atoms with van der Waals surface area (Å²) in [6.07, 6.45) is 34.6. The van der Waals surface area contributed by atoms with Crippen LogP contribution in [0, 0.1) is 5.92 Å². The van der Waals surface area contributed by atoms with Crippen molar-refractivity contribution < 1.29 is 5.11 Å². The van der Waals surface area contributed by atoms with Gasteiger partial charge in [0, 0.05) is 6.61 Å². The first kappa shape index (κ1) is 25.0. The standard InChI is InChI=1S/C26H52O/c27-25-21-16-14-12-10-8-6-4-2-1-3-5-7-9-11-13-15-18-22-26-23-19-17-20-24-26/h26-27H,1-25H2. The van der Waals surface area contributed by atoms with Gasteiger partial charge in [-0.25, -0.2) is 0 Å². The van der Waals surface area contributed by atoms with Gasteiger partial charge < -0.3 is 5.11 Å². The average Bonchev–Trinajstić information content (AvgIpc) is 2.70. The monoisotopic (exact) mass is 380 g/mol. The van der Waals surface area contributed by atoms with Crippen LogP contribution < -0.4 is 0 Å². The molecule has 1 fully saturated rings. The van der Waals surface area contributed by atoms with Gasteiger partial charge in [-0.1, -0.05) is 148 Å². The first-order valence-electron chi connectivity index (χ1n) is 13.0. The van der Waals surface area contributed by atoms with E-state index in [1.54, 1.807) is 0 Å². The molecule has 0 atom stereocenters. The van der Waals surface area contributed by atoms with E-state index in [-0.39, 0.29) is 0 Å². The van der Waals surface area contributed by atoms with Gasteiger partial charge >= 0.3 is 0 Å². The Morgan fingerprint density at radius 3 is 1.11 bits per heavy atom. The predicted octanol–water partition coefficient (Wildman–Crippen LogP) is 8.97. The largest absolute Gasteiger partial charge is 0.396 e. The van der Waals surface area contributed by atoms with Gasteiger partial charge in [0.1, 0.15) is 0 Å². The van der Waals surface area contributed by atoms with E-state index in [4.69, 9.17) is 5.11 Å². The maximum absolute atomic E-state index is 8.74. The molecule has 0 aromatic rings. The smallest absolute Gasteiger partial charge is 0.0431 e. The molecule has 0 aliphatic heterocycles. The molecule has 1 aliphatic rings. The van der Waals surface area contributed by atoms with Crippen LogP contribution in [0.15, 0.2) is 0 Å². The topological polar surface area (TPSA) is 20.2 Å². The van der Waals surface area contributed by atoms with E-state index in [9.17, 15) is 0 Å². The fourth-order valence-corrected chi connectivity index (χ4v) is 4.85. The quantitative estimate of drug-likeness (QED) is 0.209. The summed E-state index contributed by atoms with van der Waals surface area (Å²) in [5, 5.41) is 8.74. The maximum Gasteiger partial charge on any atom is 0.0431 e. The lowest BCUT2D eigenvalue weighted by molar-refractivity contribution is 0.282. The van der Waals surface area contributed by atoms with Crippen molar-refractivity contribution in [3.63, 3.8) is 0 Å². The molecule has 1 rings (SSSR count). The average molecular weight is 381 g/mol. The van der Waals surface area contributed by atoms with Gasteiger partial charge in [-0.2, -0.15) is 0 Å². The van der Waals surface area contributed by atoms with Crippen LogP contribution in [0.2, 0.25) is 0 Å². The van der Waals surface area contributed by atoms with Crippen molar-refractivity contribution in [2.24, 2.45) is 5.92 Å². The summed E-state index contributed by atoms with van der Waals surface area (Å²) >= 11 is 0. The van der Waals surface area contributed by atoms with Gasteiger partial charge in [0.05, 0.1) is 0 Å². The van der Waals surface area contributed by atoms with E-state index < -0.39 is 0 Å². The summed E-state index contributed by atoms with van der Waals surface area (Å²) in [5.41, 5.74) is 0. The first-order chi connectivity index (χ1) is 13.4. The van der Waals surface area contributed by atoms with Crippen LogP contribution in [0.3, 0.4) is 0 Å². The lowest BCUT2D eigenvalue weighted by Gasteiger charge is -2.21. The molecule has 0 aromatic heterocycles. The van der Waals surface area contributed by atoms with Crippen molar-refractivity contribution in [2.45, 2.75) is 154 Å². The fraction of sp³-hybridized carbons (Fsp3) is 1.00. The lowest BCUT2D eigenvalue weighted by Crippen LogP contribution is -2.05. The van der Waals surface area contributed by atoms with Gasteiger partial charge in [-0.3, -0.25) is 0 Å². The zero-order chi connectivity index (χ0) is 19.3. The Bertz CT molecular complexity index is 269. The van der Waals surface area contributed by atoms with Crippen molar-refractivity contribution in [3.05, 3.63) is 0 Å². The SMILES string of the molecule is OCCCCCCCCCCCCCCCCCCCCC1CCCCC1. The predicted molar refractivity (Wildman–Crippen MR) is 121 cm³/mol. The Kier molecular flexibility index (Phi) is 19.2. The molecular formula is C26H52O. The fourth-order valence-electron chi connectivity index (χ4n) is 4.85. The summed E-state index contributed by atoms with van der Waals surface area (Å²) in [6.45, 7) is 0.375. The van der Waals surface area contributed by atoms with E-state index in [2.05, 4.69) is 0 Å². The Morgan fingerprint density at radius 1 is 0.407 bits per heavy atom. The number of rotatable bonds is 20. The van der Waals surface area contributed by atoms with Gasteiger partial charge in [-0.05, 0) is 12.3 Å². The third-order valence-corrected chi connectivity index (χ3v) is 6.75. The Labute approximate surface area is 172 Å². The number of hydrogen-bond donors (Lipinski definition) is 1. The number of hydrogen-bond acceptors (Lipinski definition) is 1. The maximum atomic E-state index is 8.74. The summed E-state index contributed by atoms with van der Waals surface area (Å²) in [7, 11) is 0. The second-order valence-electron chi connectivity index (χ2n) is 9.38. The van der Waals surface area contributed by atoms with Crippen molar-refractivity contribution in [1.82, 2.24) is 0 Å². The molecule has 1 nitrogen and oxygen atoms in total. The third kappa shape index (κ3) is 17.8. The molecule has 0 saturated heterocycles. The summed E-state index contributed by atoms with van der Waals surface area (Å²) < 4.78 is 0. The Hall–Kier alpha value is -0.0400. The highest BCUT2D eigenvalue weighted by molar-refractivity contribution is 4.65. The van der Waals surface area contributed by atoms with Crippen LogP contribution in [-0.4, -0.2) is 11.7 Å². The highest BCUT2D eigenvalue weighted by Crippen LogP contribution is 2.28. The Balaban J connectivity index is 1.64. The van der Waals surface area contributed by atoms with Crippen LogP contribution >= 0.6 is 0 Å². The highest BCUT2D eigenvalue weighted by Gasteiger charge is 2.12. The minimum absolute atomic E-state index is 0.375. The minimum Gasteiger partial charge on any atom is -0.396 e. The summed E-state index contributed by atoms with van der Waals surface area (Å²) in [4.78, 5) is 0. The number of aliphatic hydroxyl groups is 1. The molecule has 27 heavy (non-hydrogen) atoms. The molecule has 0 heterocycles. The molecule has 0 spiro atoms. The van der Waals surface area contributed by atoms with Crippen LogP contribution in [0.25, 0.3) is 0 Å². The highest BCUT2D eigenvalue weighted by atomic mass is 16.2. The van der Waals surface area contributed by atoms with Crippen molar-refractivity contribution in [1.29, 1.82) is 0 Å². The van der Waals surface area contributed by atoms with Gasteiger partial charge in [0.25, 0.3) is 0 Å². The van der Waals surface area contributed by atoms with Crippen molar-refractivity contribution in [2.75, 3.05) is 6.61 Å². The second kappa shape index (κ2) is 20.7. The van der Waals surface area contributed by atoms with E-state index in [0.29, 0.717) is 6.61 Å². The summed E-state index contributed by atoms with van der Waals surface area (Å²) in [5.74, 6) is 1.09. The molecule has 162 valence electrons. The van der Waals surface area contributed by atoms with E-state index in [0.717, 1.165) is 12.3 Å². The molecule has 0 radical (unpaired) electrons. The zero-order valence-electron chi connectivity index (χ0n) is 18.7. The molecule has 0 amide bonds. The zero-order valence-corrected chi connectivity index (χ0v) is 18.7. The second-order valence-corrected chi connectivity index (χ2v) is 9.38.